The van der Waals surface area contributed by atoms with Gasteiger partial charge in [0.05, 0.1) is 17.2 Å². The van der Waals surface area contributed by atoms with Crippen LogP contribution in [-0.2, 0) is 9.84 Å². The Kier molecular flexibility index (Phi) is 2.84. The summed E-state index contributed by atoms with van der Waals surface area (Å²) in [6.45, 7) is 0. The predicted molar refractivity (Wildman–Crippen MR) is 57.0 cm³/mol. The highest BCUT2D eigenvalue weighted by atomic mass is 32.2. The van der Waals surface area contributed by atoms with Gasteiger partial charge in [0.1, 0.15) is 11.6 Å². The van der Waals surface area contributed by atoms with Crippen molar-refractivity contribution in [2.45, 2.75) is 12.5 Å². The SMILES string of the molecule is O=S1(=O)CCC(Nc2ccc(F)cc2F)C1. The average Bonchev–Trinajstić information content (AvgIpc) is 2.51. The third-order valence-electron chi connectivity index (χ3n) is 2.52. The molecule has 1 fully saturated rings. The number of rotatable bonds is 2. The number of anilines is 1. The van der Waals surface area contributed by atoms with E-state index < -0.39 is 21.5 Å². The normalized spacial score (nSPS) is 23.2. The smallest absolute Gasteiger partial charge is 0.152 e. The van der Waals surface area contributed by atoms with Gasteiger partial charge in [-0.2, -0.15) is 0 Å². The Morgan fingerprint density at radius 2 is 2.06 bits per heavy atom. The molecule has 0 radical (unpaired) electrons. The van der Waals surface area contributed by atoms with Gasteiger partial charge in [-0.15, -0.1) is 0 Å². The maximum Gasteiger partial charge on any atom is 0.152 e. The first-order chi connectivity index (χ1) is 7.46. The Morgan fingerprint density at radius 3 is 2.62 bits per heavy atom. The van der Waals surface area contributed by atoms with E-state index in [-0.39, 0.29) is 23.2 Å². The van der Waals surface area contributed by atoms with Crippen LogP contribution in [0.2, 0.25) is 0 Å². The largest absolute Gasteiger partial charge is 0.379 e. The Bertz CT molecular complexity index is 502. The van der Waals surface area contributed by atoms with E-state index in [9.17, 15) is 17.2 Å². The van der Waals surface area contributed by atoms with Crippen LogP contribution >= 0.6 is 0 Å². The monoisotopic (exact) mass is 247 g/mol. The molecule has 1 unspecified atom stereocenters. The summed E-state index contributed by atoms with van der Waals surface area (Å²) in [5.74, 6) is -1.23. The molecule has 88 valence electrons. The Morgan fingerprint density at radius 1 is 1.31 bits per heavy atom. The summed E-state index contributed by atoms with van der Waals surface area (Å²) in [6.07, 6.45) is 0.457. The van der Waals surface area contributed by atoms with Gasteiger partial charge in [-0.1, -0.05) is 0 Å². The van der Waals surface area contributed by atoms with Crippen LogP contribution in [0.4, 0.5) is 14.5 Å². The summed E-state index contributed by atoms with van der Waals surface area (Å²) in [6, 6.07) is 2.89. The van der Waals surface area contributed by atoms with Crippen LogP contribution in [0.1, 0.15) is 6.42 Å². The predicted octanol–water partition coefficient (Wildman–Crippen LogP) is 1.56. The molecule has 2 rings (SSSR count). The number of nitrogens with one attached hydrogen (secondary N) is 1. The third-order valence-corrected chi connectivity index (χ3v) is 4.29. The molecule has 1 aromatic rings. The van der Waals surface area contributed by atoms with Gasteiger partial charge in [-0.25, -0.2) is 17.2 Å². The van der Waals surface area contributed by atoms with Gasteiger partial charge in [-0.05, 0) is 18.6 Å². The second-order valence-electron chi connectivity index (χ2n) is 3.87. The van der Waals surface area contributed by atoms with E-state index in [0.717, 1.165) is 12.1 Å². The van der Waals surface area contributed by atoms with Gasteiger partial charge in [0.25, 0.3) is 0 Å². The Hall–Kier alpha value is -1.17. The third kappa shape index (κ3) is 2.49. The highest BCUT2D eigenvalue weighted by Gasteiger charge is 2.28. The molecule has 3 nitrogen and oxygen atoms in total. The zero-order valence-electron chi connectivity index (χ0n) is 8.41. The van der Waals surface area contributed by atoms with Gasteiger partial charge in [0, 0.05) is 12.1 Å². The van der Waals surface area contributed by atoms with Gasteiger partial charge in [-0.3, -0.25) is 0 Å². The number of benzene rings is 1. The lowest BCUT2D eigenvalue weighted by Crippen LogP contribution is -2.21. The standard InChI is InChI=1S/C10H11F2NO2S/c11-7-1-2-10(9(12)5-7)13-8-3-4-16(14,15)6-8/h1-2,5,8,13H,3-4,6H2. The molecule has 1 heterocycles. The molecule has 1 aliphatic rings. The van der Waals surface area contributed by atoms with Crippen LogP contribution in [0.25, 0.3) is 0 Å². The lowest BCUT2D eigenvalue weighted by atomic mass is 10.2. The van der Waals surface area contributed by atoms with Crippen LogP contribution < -0.4 is 5.32 Å². The van der Waals surface area contributed by atoms with Crippen molar-refractivity contribution in [3.63, 3.8) is 0 Å². The van der Waals surface area contributed by atoms with Gasteiger partial charge in [0.15, 0.2) is 9.84 Å². The topological polar surface area (TPSA) is 46.2 Å². The van der Waals surface area contributed by atoms with Gasteiger partial charge < -0.3 is 5.32 Å². The number of sulfone groups is 1. The quantitative estimate of drug-likeness (QED) is 0.862. The summed E-state index contributed by atoms with van der Waals surface area (Å²) in [7, 11) is -3.00. The molecular weight excluding hydrogens is 236 g/mol. The molecule has 1 aliphatic heterocycles. The maximum atomic E-state index is 13.2. The Balaban J connectivity index is 2.11. The molecule has 16 heavy (non-hydrogen) atoms. The zero-order chi connectivity index (χ0) is 11.8. The van der Waals surface area contributed by atoms with Crippen molar-refractivity contribution in [2.24, 2.45) is 0 Å². The molecule has 0 saturated carbocycles. The summed E-state index contributed by atoms with van der Waals surface area (Å²) in [5.41, 5.74) is 0.142. The van der Waals surface area contributed by atoms with Gasteiger partial charge >= 0.3 is 0 Å². The molecule has 0 aromatic heterocycles. The molecular formula is C10H11F2NO2S. The zero-order valence-corrected chi connectivity index (χ0v) is 9.23. The van der Waals surface area contributed by atoms with Gasteiger partial charge in [0.2, 0.25) is 0 Å². The second kappa shape index (κ2) is 4.01. The van der Waals surface area contributed by atoms with E-state index in [1.807, 2.05) is 0 Å². The van der Waals surface area contributed by atoms with E-state index in [2.05, 4.69) is 5.32 Å². The molecule has 0 amide bonds. The molecule has 1 aromatic carbocycles. The fourth-order valence-corrected chi connectivity index (χ4v) is 3.41. The molecule has 0 aliphatic carbocycles. The van der Waals surface area contributed by atoms with E-state index >= 15 is 0 Å². The minimum absolute atomic E-state index is 0.00379. The summed E-state index contributed by atoms with van der Waals surface area (Å²) >= 11 is 0. The Labute approximate surface area is 92.4 Å². The van der Waals surface area contributed by atoms with Crippen LogP contribution in [0.15, 0.2) is 18.2 Å². The van der Waals surface area contributed by atoms with Crippen molar-refractivity contribution in [1.82, 2.24) is 0 Å². The number of hydrogen-bond donors (Lipinski definition) is 1. The van der Waals surface area contributed by atoms with Crippen molar-refractivity contribution in [2.75, 3.05) is 16.8 Å². The summed E-state index contributed by atoms with van der Waals surface area (Å²) in [5, 5.41) is 2.77. The van der Waals surface area contributed by atoms with Crippen molar-refractivity contribution in [3.05, 3.63) is 29.8 Å². The lowest BCUT2D eigenvalue weighted by Gasteiger charge is -2.12. The van der Waals surface area contributed by atoms with Crippen LogP contribution in [0.3, 0.4) is 0 Å². The molecule has 0 bridgehead atoms. The van der Waals surface area contributed by atoms with Crippen molar-refractivity contribution >= 4 is 15.5 Å². The number of halogens is 2. The van der Waals surface area contributed by atoms with Crippen LogP contribution in [0, 0.1) is 11.6 Å². The highest BCUT2D eigenvalue weighted by molar-refractivity contribution is 7.91. The van der Waals surface area contributed by atoms with Crippen molar-refractivity contribution < 1.29 is 17.2 Å². The molecule has 0 spiro atoms. The van der Waals surface area contributed by atoms with E-state index in [1.165, 1.54) is 6.07 Å². The minimum Gasteiger partial charge on any atom is -0.379 e. The van der Waals surface area contributed by atoms with Crippen LogP contribution in [-0.4, -0.2) is 26.0 Å². The molecule has 6 heteroatoms. The first-order valence-corrected chi connectivity index (χ1v) is 6.70. The minimum atomic E-state index is -3.00. The van der Waals surface area contributed by atoms with Crippen molar-refractivity contribution in [3.8, 4) is 0 Å². The van der Waals surface area contributed by atoms with E-state index in [0.29, 0.717) is 6.42 Å². The van der Waals surface area contributed by atoms with E-state index in [1.54, 1.807) is 0 Å². The second-order valence-corrected chi connectivity index (χ2v) is 6.10. The summed E-state index contributed by atoms with van der Waals surface area (Å²) < 4.78 is 48.2. The van der Waals surface area contributed by atoms with E-state index in [4.69, 9.17) is 0 Å². The molecule has 1 atom stereocenters. The first-order valence-electron chi connectivity index (χ1n) is 4.88. The average molecular weight is 247 g/mol. The highest BCUT2D eigenvalue weighted by Crippen LogP contribution is 2.20. The summed E-state index contributed by atoms with van der Waals surface area (Å²) in [4.78, 5) is 0. The van der Waals surface area contributed by atoms with Crippen molar-refractivity contribution in [1.29, 1.82) is 0 Å². The lowest BCUT2D eigenvalue weighted by molar-refractivity contribution is 0.583. The fraction of sp³-hybridized carbons (Fsp3) is 0.400. The number of hydrogen-bond acceptors (Lipinski definition) is 3. The van der Waals surface area contributed by atoms with Crippen LogP contribution in [0.5, 0.6) is 0 Å². The maximum absolute atomic E-state index is 13.2. The first kappa shape index (κ1) is 11.3. The molecule has 1 saturated heterocycles. The fourth-order valence-electron chi connectivity index (χ4n) is 1.74. The molecule has 1 N–H and O–H groups in total.